The van der Waals surface area contributed by atoms with Crippen LogP contribution in [-0.4, -0.2) is 11.1 Å². The Hall–Kier alpha value is -0.530. The summed E-state index contributed by atoms with van der Waals surface area (Å²) in [4.78, 5) is 10.7. The lowest BCUT2D eigenvalue weighted by atomic mass is 9.97. The SMILES string of the molecule is CCCCCCCC1(C)CC1C(=O)O. The van der Waals surface area contributed by atoms with E-state index in [1.807, 2.05) is 0 Å². The summed E-state index contributed by atoms with van der Waals surface area (Å²) < 4.78 is 0. The molecule has 1 rings (SSSR count). The number of carbonyl (C=O) groups is 1. The molecule has 1 N–H and O–H groups in total. The van der Waals surface area contributed by atoms with E-state index in [2.05, 4.69) is 13.8 Å². The Morgan fingerprint density at radius 1 is 1.36 bits per heavy atom. The molecule has 2 atom stereocenters. The maximum absolute atomic E-state index is 10.7. The fourth-order valence-corrected chi connectivity index (χ4v) is 2.20. The van der Waals surface area contributed by atoms with Crippen LogP contribution in [0.25, 0.3) is 0 Å². The number of hydrogen-bond acceptors (Lipinski definition) is 1. The van der Waals surface area contributed by atoms with Crippen LogP contribution in [0, 0.1) is 11.3 Å². The minimum atomic E-state index is -0.596. The first-order chi connectivity index (χ1) is 6.60. The van der Waals surface area contributed by atoms with Gasteiger partial charge < -0.3 is 5.11 Å². The molecule has 82 valence electrons. The second kappa shape index (κ2) is 4.81. The van der Waals surface area contributed by atoms with E-state index in [0.29, 0.717) is 0 Å². The van der Waals surface area contributed by atoms with Crippen molar-refractivity contribution >= 4 is 5.97 Å². The van der Waals surface area contributed by atoms with Crippen molar-refractivity contribution in [1.29, 1.82) is 0 Å². The summed E-state index contributed by atoms with van der Waals surface area (Å²) in [6.45, 7) is 4.33. The Morgan fingerprint density at radius 2 is 2.00 bits per heavy atom. The minimum absolute atomic E-state index is 0.0475. The predicted octanol–water partition coefficient (Wildman–Crippen LogP) is 3.46. The fourth-order valence-electron chi connectivity index (χ4n) is 2.20. The normalized spacial score (nSPS) is 30.3. The summed E-state index contributed by atoms with van der Waals surface area (Å²) in [5.41, 5.74) is 0.137. The molecule has 2 unspecified atom stereocenters. The van der Waals surface area contributed by atoms with Gasteiger partial charge in [-0.25, -0.2) is 0 Å². The van der Waals surface area contributed by atoms with Crippen LogP contribution in [0.3, 0.4) is 0 Å². The van der Waals surface area contributed by atoms with Gasteiger partial charge in [0.05, 0.1) is 5.92 Å². The van der Waals surface area contributed by atoms with E-state index in [9.17, 15) is 4.79 Å². The van der Waals surface area contributed by atoms with Crippen LogP contribution in [0.1, 0.15) is 58.8 Å². The summed E-state index contributed by atoms with van der Waals surface area (Å²) in [7, 11) is 0. The molecule has 1 aliphatic rings. The van der Waals surface area contributed by atoms with Gasteiger partial charge >= 0.3 is 5.97 Å². The minimum Gasteiger partial charge on any atom is -0.481 e. The van der Waals surface area contributed by atoms with Gasteiger partial charge in [0.2, 0.25) is 0 Å². The third-order valence-corrected chi connectivity index (χ3v) is 3.50. The highest BCUT2D eigenvalue weighted by atomic mass is 16.4. The first kappa shape index (κ1) is 11.5. The highest BCUT2D eigenvalue weighted by Crippen LogP contribution is 2.55. The zero-order valence-electron chi connectivity index (χ0n) is 9.38. The molecule has 2 heteroatoms. The first-order valence-corrected chi connectivity index (χ1v) is 5.83. The third-order valence-electron chi connectivity index (χ3n) is 3.50. The van der Waals surface area contributed by atoms with E-state index in [-0.39, 0.29) is 11.3 Å². The second-order valence-corrected chi connectivity index (χ2v) is 4.91. The van der Waals surface area contributed by atoms with Crippen LogP contribution in [0.4, 0.5) is 0 Å². The number of hydrogen-bond donors (Lipinski definition) is 1. The van der Waals surface area contributed by atoms with Gasteiger partial charge in [0, 0.05) is 0 Å². The maximum atomic E-state index is 10.7. The predicted molar refractivity (Wildman–Crippen MR) is 57.2 cm³/mol. The molecule has 0 aromatic heterocycles. The van der Waals surface area contributed by atoms with E-state index < -0.39 is 5.97 Å². The number of unbranched alkanes of at least 4 members (excludes halogenated alkanes) is 4. The summed E-state index contributed by atoms with van der Waals surface area (Å²) >= 11 is 0. The summed E-state index contributed by atoms with van der Waals surface area (Å²) in [6.07, 6.45) is 8.39. The monoisotopic (exact) mass is 198 g/mol. The molecule has 1 saturated carbocycles. The van der Waals surface area contributed by atoms with E-state index in [4.69, 9.17) is 5.11 Å². The third kappa shape index (κ3) is 3.00. The van der Waals surface area contributed by atoms with Crippen molar-refractivity contribution < 1.29 is 9.90 Å². The van der Waals surface area contributed by atoms with Crippen molar-refractivity contribution in [3.63, 3.8) is 0 Å². The molecule has 0 spiro atoms. The van der Waals surface area contributed by atoms with Crippen molar-refractivity contribution in [2.24, 2.45) is 11.3 Å². The molecular formula is C12H22O2. The van der Waals surface area contributed by atoms with Gasteiger partial charge in [-0.2, -0.15) is 0 Å². The smallest absolute Gasteiger partial charge is 0.307 e. The Balaban J connectivity index is 2.06. The quantitative estimate of drug-likeness (QED) is 0.636. The molecule has 0 aromatic rings. The van der Waals surface area contributed by atoms with E-state index >= 15 is 0 Å². The van der Waals surface area contributed by atoms with Crippen LogP contribution in [-0.2, 0) is 4.79 Å². The Bertz CT molecular complexity index is 200. The average molecular weight is 198 g/mol. The molecule has 0 heterocycles. The van der Waals surface area contributed by atoms with Gasteiger partial charge in [0.15, 0.2) is 0 Å². The van der Waals surface area contributed by atoms with Crippen LogP contribution < -0.4 is 0 Å². The summed E-state index contributed by atoms with van der Waals surface area (Å²) in [5, 5.41) is 8.83. The molecule has 0 saturated heterocycles. The van der Waals surface area contributed by atoms with Gasteiger partial charge in [0.1, 0.15) is 0 Å². The largest absolute Gasteiger partial charge is 0.481 e. The zero-order valence-corrected chi connectivity index (χ0v) is 9.38. The van der Waals surface area contributed by atoms with Gasteiger partial charge in [-0.05, 0) is 18.3 Å². The van der Waals surface area contributed by atoms with Gasteiger partial charge in [-0.15, -0.1) is 0 Å². The lowest BCUT2D eigenvalue weighted by molar-refractivity contribution is -0.139. The van der Waals surface area contributed by atoms with Gasteiger partial charge in [0.25, 0.3) is 0 Å². The molecule has 1 fully saturated rings. The summed E-state index contributed by atoms with van der Waals surface area (Å²) in [5.74, 6) is -0.644. The van der Waals surface area contributed by atoms with E-state index in [1.165, 1.54) is 32.1 Å². The van der Waals surface area contributed by atoms with E-state index in [0.717, 1.165) is 12.8 Å². The Kier molecular flexibility index (Phi) is 3.97. The first-order valence-electron chi connectivity index (χ1n) is 5.83. The lowest BCUT2D eigenvalue weighted by Gasteiger charge is -2.08. The van der Waals surface area contributed by atoms with Crippen LogP contribution in [0.15, 0.2) is 0 Å². The van der Waals surface area contributed by atoms with Crippen LogP contribution in [0.5, 0.6) is 0 Å². The lowest BCUT2D eigenvalue weighted by Crippen LogP contribution is -2.06. The van der Waals surface area contributed by atoms with Crippen molar-refractivity contribution in [2.75, 3.05) is 0 Å². The zero-order chi connectivity index (χ0) is 10.6. The van der Waals surface area contributed by atoms with Crippen LogP contribution in [0.2, 0.25) is 0 Å². The highest BCUT2D eigenvalue weighted by Gasteiger charge is 2.53. The summed E-state index contributed by atoms with van der Waals surface area (Å²) in [6, 6.07) is 0. The molecule has 0 bridgehead atoms. The molecule has 0 aromatic carbocycles. The molecule has 0 aliphatic heterocycles. The molecule has 14 heavy (non-hydrogen) atoms. The number of carboxylic acid groups (broad SMARTS) is 1. The van der Waals surface area contributed by atoms with E-state index in [1.54, 1.807) is 0 Å². The van der Waals surface area contributed by atoms with Gasteiger partial charge in [-0.1, -0.05) is 46.0 Å². The number of aliphatic carboxylic acids is 1. The second-order valence-electron chi connectivity index (χ2n) is 4.91. The molecule has 2 nitrogen and oxygen atoms in total. The standard InChI is InChI=1S/C12H22O2/c1-3-4-5-6-7-8-12(2)9-10(12)11(13)14/h10H,3-9H2,1-2H3,(H,13,14). The van der Waals surface area contributed by atoms with Crippen molar-refractivity contribution in [3.05, 3.63) is 0 Å². The van der Waals surface area contributed by atoms with Crippen molar-refractivity contribution in [3.8, 4) is 0 Å². The average Bonchev–Trinajstić information content (AvgIpc) is 2.78. The topological polar surface area (TPSA) is 37.3 Å². The molecule has 0 amide bonds. The van der Waals surface area contributed by atoms with Crippen LogP contribution >= 0.6 is 0 Å². The van der Waals surface area contributed by atoms with Crippen molar-refractivity contribution in [1.82, 2.24) is 0 Å². The van der Waals surface area contributed by atoms with Gasteiger partial charge in [-0.3, -0.25) is 4.79 Å². The fraction of sp³-hybridized carbons (Fsp3) is 0.917. The Labute approximate surface area is 86.7 Å². The molecule has 0 radical (unpaired) electrons. The number of carboxylic acids is 1. The molecular weight excluding hydrogens is 176 g/mol. The number of rotatable bonds is 7. The highest BCUT2D eigenvalue weighted by molar-refractivity contribution is 5.74. The maximum Gasteiger partial charge on any atom is 0.307 e. The van der Waals surface area contributed by atoms with Crippen molar-refractivity contribution in [2.45, 2.75) is 58.8 Å². The molecule has 1 aliphatic carbocycles. The Morgan fingerprint density at radius 3 is 2.50 bits per heavy atom.